The molecule has 0 radical (unpaired) electrons. The molecule has 0 aliphatic carbocycles. The van der Waals surface area contributed by atoms with Crippen LogP contribution in [-0.2, 0) is 4.79 Å². The van der Waals surface area contributed by atoms with Crippen molar-refractivity contribution in [1.29, 1.82) is 0 Å². The minimum absolute atomic E-state index is 0.365. The molecule has 9 N–H and O–H groups in total. The van der Waals surface area contributed by atoms with E-state index in [2.05, 4.69) is 0 Å². The molecule has 10 nitrogen and oxygen atoms in total. The Balaban J connectivity index is 0. The third-order valence-electron chi connectivity index (χ3n) is 1.93. The fourth-order valence-corrected chi connectivity index (χ4v) is 0.726. The summed E-state index contributed by atoms with van der Waals surface area (Å²) in [6.45, 7) is -1.57. The number of hydrogen-bond acceptors (Lipinski definition) is 9. The molecule has 19 heavy (non-hydrogen) atoms. The molecule has 0 amide bonds. The molecule has 10 heteroatoms. The molecule has 0 saturated carbocycles. The smallest absolute Gasteiger partial charge is 0.335 e. The standard InChI is InChI=1S/C6H12O7.C3H8O3/c7-1-2(8)3(9)4(10)5(11)6(12)13;4-1-3(6)2-5/h2-5,7-11H,1H2,(H,12,13);3-6H,1-2H2. The molecule has 0 aliphatic heterocycles. The van der Waals surface area contributed by atoms with Gasteiger partial charge in [0.25, 0.3) is 0 Å². The van der Waals surface area contributed by atoms with Gasteiger partial charge < -0.3 is 46.0 Å². The normalized spacial score (nSPS) is 17.1. The Labute approximate surface area is 108 Å². The van der Waals surface area contributed by atoms with Crippen molar-refractivity contribution in [3.05, 3.63) is 0 Å². The van der Waals surface area contributed by atoms with E-state index in [1.54, 1.807) is 0 Å². The summed E-state index contributed by atoms with van der Waals surface area (Å²) in [6, 6.07) is 0. The molecule has 0 bridgehead atoms. The van der Waals surface area contributed by atoms with Gasteiger partial charge >= 0.3 is 5.97 Å². The maximum absolute atomic E-state index is 10.1. The van der Waals surface area contributed by atoms with Crippen LogP contribution < -0.4 is 0 Å². The van der Waals surface area contributed by atoms with E-state index in [1.165, 1.54) is 0 Å². The van der Waals surface area contributed by atoms with Crippen molar-refractivity contribution < 1.29 is 50.8 Å². The van der Waals surface area contributed by atoms with Gasteiger partial charge in [0.05, 0.1) is 19.8 Å². The van der Waals surface area contributed by atoms with Crippen molar-refractivity contribution in [2.75, 3.05) is 19.8 Å². The van der Waals surface area contributed by atoms with Crippen LogP contribution in [0.5, 0.6) is 0 Å². The highest BCUT2D eigenvalue weighted by molar-refractivity contribution is 5.72. The number of rotatable bonds is 7. The molecule has 0 aromatic rings. The van der Waals surface area contributed by atoms with Gasteiger partial charge in [-0.2, -0.15) is 0 Å². The van der Waals surface area contributed by atoms with Crippen molar-refractivity contribution in [1.82, 2.24) is 0 Å². The Kier molecular flexibility index (Phi) is 11.9. The van der Waals surface area contributed by atoms with Gasteiger partial charge in [-0.1, -0.05) is 0 Å². The molecule has 0 aliphatic rings. The summed E-state index contributed by atoms with van der Waals surface area (Å²) in [6.07, 6.45) is -8.79. The first-order valence-electron chi connectivity index (χ1n) is 5.18. The average Bonchev–Trinajstić information content (AvgIpc) is 2.43. The fraction of sp³-hybridized carbons (Fsp3) is 0.889. The molecule has 0 aromatic heterocycles. The number of carboxylic acid groups (broad SMARTS) is 1. The van der Waals surface area contributed by atoms with Gasteiger partial charge in [-0.15, -0.1) is 0 Å². The van der Waals surface area contributed by atoms with E-state index in [0.717, 1.165) is 0 Å². The van der Waals surface area contributed by atoms with E-state index in [-0.39, 0.29) is 13.2 Å². The number of aliphatic carboxylic acids is 1. The zero-order valence-electron chi connectivity index (χ0n) is 9.94. The van der Waals surface area contributed by atoms with E-state index in [9.17, 15) is 4.79 Å². The lowest BCUT2D eigenvalue weighted by atomic mass is 10.0. The van der Waals surface area contributed by atoms with Crippen LogP contribution in [0.4, 0.5) is 0 Å². The average molecular weight is 288 g/mol. The van der Waals surface area contributed by atoms with E-state index in [1.807, 2.05) is 0 Å². The van der Waals surface area contributed by atoms with E-state index >= 15 is 0 Å². The lowest BCUT2D eigenvalue weighted by Gasteiger charge is -2.23. The van der Waals surface area contributed by atoms with Crippen molar-refractivity contribution in [2.24, 2.45) is 0 Å². The molecule has 0 fully saturated rings. The van der Waals surface area contributed by atoms with Gasteiger partial charge in [0.1, 0.15) is 24.4 Å². The van der Waals surface area contributed by atoms with Crippen LogP contribution in [-0.4, -0.2) is 102 Å². The van der Waals surface area contributed by atoms with E-state index in [4.69, 9.17) is 46.0 Å². The second-order valence-electron chi connectivity index (χ2n) is 3.53. The van der Waals surface area contributed by atoms with E-state index in [0.29, 0.717) is 0 Å². The molecule has 0 saturated heterocycles. The summed E-state index contributed by atoms with van der Waals surface area (Å²) >= 11 is 0. The molecule has 4 atom stereocenters. The van der Waals surface area contributed by atoms with Gasteiger partial charge in [0.15, 0.2) is 6.10 Å². The lowest BCUT2D eigenvalue weighted by Crippen LogP contribution is -2.48. The zero-order chi connectivity index (χ0) is 15.6. The number of aliphatic hydroxyl groups excluding tert-OH is 8. The summed E-state index contributed by atoms with van der Waals surface area (Å²) in [7, 11) is 0. The number of carbonyl (C=O) groups is 1. The summed E-state index contributed by atoms with van der Waals surface area (Å²) in [4.78, 5) is 10.1. The predicted octanol–water partition coefficient (Wildman–Crippen LogP) is -5.16. The summed E-state index contributed by atoms with van der Waals surface area (Å²) in [5.41, 5.74) is 0. The van der Waals surface area contributed by atoms with Crippen LogP contribution in [0, 0.1) is 0 Å². The molecular formula is C9H20O10. The Morgan fingerprint density at radius 1 is 0.789 bits per heavy atom. The summed E-state index contributed by atoms with van der Waals surface area (Å²) < 4.78 is 0. The highest BCUT2D eigenvalue weighted by Gasteiger charge is 2.33. The highest BCUT2D eigenvalue weighted by atomic mass is 16.4. The van der Waals surface area contributed by atoms with Crippen LogP contribution in [0.2, 0.25) is 0 Å². The summed E-state index contributed by atoms with van der Waals surface area (Å²) in [5.74, 6) is -1.73. The Bertz CT molecular complexity index is 231. The second-order valence-corrected chi connectivity index (χ2v) is 3.53. The third-order valence-corrected chi connectivity index (χ3v) is 1.93. The quantitative estimate of drug-likeness (QED) is 0.218. The Morgan fingerprint density at radius 3 is 1.42 bits per heavy atom. The first kappa shape index (κ1) is 20.5. The van der Waals surface area contributed by atoms with Gasteiger partial charge in [-0.05, 0) is 0 Å². The molecular weight excluding hydrogens is 268 g/mol. The van der Waals surface area contributed by atoms with E-state index < -0.39 is 43.1 Å². The molecule has 0 heterocycles. The first-order chi connectivity index (χ1) is 8.72. The van der Waals surface area contributed by atoms with Gasteiger partial charge in [0, 0.05) is 0 Å². The zero-order valence-corrected chi connectivity index (χ0v) is 9.94. The lowest BCUT2D eigenvalue weighted by molar-refractivity contribution is -0.164. The molecule has 4 unspecified atom stereocenters. The Hall–Kier alpha value is -0.850. The minimum atomic E-state index is -2.20. The largest absolute Gasteiger partial charge is 0.479 e. The predicted molar refractivity (Wildman–Crippen MR) is 58.9 cm³/mol. The number of hydrogen-bond donors (Lipinski definition) is 9. The third kappa shape index (κ3) is 8.80. The van der Waals surface area contributed by atoms with Crippen molar-refractivity contribution in [3.8, 4) is 0 Å². The molecule has 0 rings (SSSR count). The minimum Gasteiger partial charge on any atom is -0.479 e. The van der Waals surface area contributed by atoms with Crippen LogP contribution in [0.3, 0.4) is 0 Å². The first-order valence-corrected chi connectivity index (χ1v) is 5.18. The maximum atomic E-state index is 10.1. The van der Waals surface area contributed by atoms with Crippen LogP contribution in [0.1, 0.15) is 0 Å². The molecule has 0 aromatic carbocycles. The SMILES string of the molecule is O=C(O)C(O)C(O)C(O)C(O)CO.OCC(O)CO. The molecule has 0 spiro atoms. The highest BCUT2D eigenvalue weighted by Crippen LogP contribution is 2.04. The van der Waals surface area contributed by atoms with Crippen LogP contribution in [0.25, 0.3) is 0 Å². The monoisotopic (exact) mass is 288 g/mol. The second kappa shape index (κ2) is 11.0. The maximum Gasteiger partial charge on any atom is 0.335 e. The van der Waals surface area contributed by atoms with Crippen molar-refractivity contribution in [3.63, 3.8) is 0 Å². The van der Waals surface area contributed by atoms with Gasteiger partial charge in [-0.3, -0.25) is 0 Å². The van der Waals surface area contributed by atoms with Gasteiger partial charge in [-0.25, -0.2) is 4.79 Å². The number of aliphatic hydroxyl groups is 8. The topological polar surface area (TPSA) is 199 Å². The van der Waals surface area contributed by atoms with Crippen LogP contribution in [0.15, 0.2) is 0 Å². The Morgan fingerprint density at radius 2 is 1.21 bits per heavy atom. The van der Waals surface area contributed by atoms with Crippen molar-refractivity contribution in [2.45, 2.75) is 30.5 Å². The molecule has 116 valence electrons. The van der Waals surface area contributed by atoms with Crippen LogP contribution >= 0.6 is 0 Å². The fourth-order valence-electron chi connectivity index (χ4n) is 0.726. The number of carboxylic acids is 1. The summed E-state index contributed by atoms with van der Waals surface area (Å²) in [5, 5.41) is 75.8. The van der Waals surface area contributed by atoms with Crippen molar-refractivity contribution >= 4 is 5.97 Å². The van der Waals surface area contributed by atoms with Gasteiger partial charge in [0.2, 0.25) is 0 Å².